The molecule has 0 heterocycles. The molecule has 0 saturated carbocycles. The predicted octanol–water partition coefficient (Wildman–Crippen LogP) is 3.86. The van der Waals surface area contributed by atoms with Gasteiger partial charge in [-0.05, 0) is 112 Å². The molecule has 2 amide bonds. The summed E-state index contributed by atoms with van der Waals surface area (Å²) in [5.41, 5.74) is 1.98. The van der Waals surface area contributed by atoms with Crippen molar-refractivity contribution in [2.45, 2.75) is 6.92 Å². The van der Waals surface area contributed by atoms with Crippen molar-refractivity contribution in [3.8, 4) is 0 Å². The minimum atomic E-state index is -0.269. The summed E-state index contributed by atoms with van der Waals surface area (Å²) in [6.45, 7) is 1.38. The van der Waals surface area contributed by atoms with Gasteiger partial charge < -0.3 is 16.0 Å². The SMILES string of the molecule is CC(=O)NC(=S)Nc1ccc(NC(=S)NC(=O)c2cc(I)ccc2I)cc1. The van der Waals surface area contributed by atoms with Crippen LogP contribution < -0.4 is 21.3 Å². The Morgan fingerprint density at radius 2 is 1.37 bits per heavy atom. The molecule has 0 aliphatic heterocycles. The molecule has 27 heavy (non-hydrogen) atoms. The molecular weight excluding hydrogens is 610 g/mol. The molecule has 0 aromatic heterocycles. The average molecular weight is 624 g/mol. The van der Waals surface area contributed by atoms with E-state index >= 15 is 0 Å². The minimum Gasteiger partial charge on any atom is -0.332 e. The van der Waals surface area contributed by atoms with Gasteiger partial charge in [-0.1, -0.05) is 0 Å². The molecule has 0 bridgehead atoms. The second kappa shape index (κ2) is 10.2. The van der Waals surface area contributed by atoms with Crippen molar-refractivity contribution in [3.05, 3.63) is 55.2 Å². The van der Waals surface area contributed by atoms with Crippen molar-refractivity contribution in [2.24, 2.45) is 0 Å². The number of amides is 2. The molecule has 4 N–H and O–H groups in total. The fourth-order valence-corrected chi connectivity index (χ4v) is 3.51. The summed E-state index contributed by atoms with van der Waals surface area (Å²) in [5.74, 6) is -0.510. The van der Waals surface area contributed by atoms with E-state index in [2.05, 4.69) is 66.4 Å². The summed E-state index contributed by atoms with van der Waals surface area (Å²) >= 11 is 14.5. The number of hydrogen-bond acceptors (Lipinski definition) is 4. The lowest BCUT2D eigenvalue weighted by atomic mass is 10.2. The van der Waals surface area contributed by atoms with E-state index in [-0.39, 0.29) is 22.0 Å². The van der Waals surface area contributed by atoms with Crippen molar-refractivity contribution in [2.75, 3.05) is 10.6 Å². The summed E-state index contributed by atoms with van der Waals surface area (Å²) in [7, 11) is 0. The maximum atomic E-state index is 12.4. The van der Waals surface area contributed by atoms with Crippen LogP contribution >= 0.6 is 69.6 Å². The van der Waals surface area contributed by atoms with Gasteiger partial charge in [0.05, 0.1) is 5.56 Å². The summed E-state index contributed by atoms with van der Waals surface area (Å²) in [6.07, 6.45) is 0. The number of halogens is 2. The number of rotatable bonds is 3. The largest absolute Gasteiger partial charge is 0.332 e. The van der Waals surface area contributed by atoms with Crippen LogP contribution in [-0.4, -0.2) is 22.0 Å². The van der Waals surface area contributed by atoms with Gasteiger partial charge in [0.2, 0.25) is 5.91 Å². The topological polar surface area (TPSA) is 82.3 Å². The maximum absolute atomic E-state index is 12.4. The third-order valence-corrected chi connectivity index (χ3v) is 5.11. The van der Waals surface area contributed by atoms with Gasteiger partial charge in [-0.3, -0.25) is 14.9 Å². The highest BCUT2D eigenvalue weighted by atomic mass is 127. The lowest BCUT2D eigenvalue weighted by Crippen LogP contribution is -2.34. The molecule has 2 aromatic carbocycles. The van der Waals surface area contributed by atoms with Crippen LogP contribution in [0.4, 0.5) is 11.4 Å². The smallest absolute Gasteiger partial charge is 0.258 e. The van der Waals surface area contributed by atoms with Crippen molar-refractivity contribution in [3.63, 3.8) is 0 Å². The third-order valence-electron chi connectivity index (χ3n) is 3.09. The highest BCUT2D eigenvalue weighted by Gasteiger charge is 2.12. The van der Waals surface area contributed by atoms with Crippen LogP contribution in [0.15, 0.2) is 42.5 Å². The van der Waals surface area contributed by atoms with Gasteiger partial charge in [-0.25, -0.2) is 0 Å². The highest BCUT2D eigenvalue weighted by molar-refractivity contribution is 14.1. The van der Waals surface area contributed by atoms with Gasteiger partial charge in [0.1, 0.15) is 0 Å². The first kappa shape index (κ1) is 21.9. The van der Waals surface area contributed by atoms with Crippen LogP contribution in [0.2, 0.25) is 0 Å². The van der Waals surface area contributed by atoms with E-state index in [0.29, 0.717) is 16.9 Å². The number of hydrogen-bond donors (Lipinski definition) is 4. The minimum absolute atomic E-state index is 0.198. The van der Waals surface area contributed by atoms with Gasteiger partial charge in [-0.2, -0.15) is 0 Å². The second-order valence-corrected chi connectivity index (χ2v) is 8.47. The van der Waals surface area contributed by atoms with Gasteiger partial charge in [0, 0.05) is 25.4 Å². The van der Waals surface area contributed by atoms with Crippen molar-refractivity contribution >= 4 is 103 Å². The summed E-state index contributed by atoms with van der Waals surface area (Å²) in [6, 6.07) is 12.7. The summed E-state index contributed by atoms with van der Waals surface area (Å²) in [5, 5.41) is 11.4. The zero-order valence-electron chi connectivity index (χ0n) is 13.9. The number of carbonyl (C=O) groups is 2. The molecule has 140 valence electrons. The Morgan fingerprint density at radius 3 is 1.89 bits per heavy atom. The monoisotopic (exact) mass is 624 g/mol. The zero-order valence-corrected chi connectivity index (χ0v) is 19.9. The third kappa shape index (κ3) is 7.27. The van der Waals surface area contributed by atoms with Crippen LogP contribution in [0.5, 0.6) is 0 Å². The Bertz CT molecular complexity index is 904. The predicted molar refractivity (Wildman–Crippen MR) is 132 cm³/mol. The van der Waals surface area contributed by atoms with Gasteiger partial charge >= 0.3 is 0 Å². The fourth-order valence-electron chi connectivity index (χ4n) is 1.96. The average Bonchev–Trinajstić information content (AvgIpc) is 2.58. The van der Waals surface area contributed by atoms with E-state index < -0.39 is 0 Å². The Kier molecular flexibility index (Phi) is 8.31. The molecule has 2 rings (SSSR count). The van der Waals surface area contributed by atoms with E-state index in [9.17, 15) is 9.59 Å². The molecule has 0 aliphatic rings. The normalized spacial score (nSPS) is 9.89. The molecule has 2 aromatic rings. The molecule has 0 fully saturated rings. The molecule has 0 atom stereocenters. The quantitative estimate of drug-likeness (QED) is 0.307. The van der Waals surface area contributed by atoms with E-state index in [1.807, 2.05) is 12.1 Å². The van der Waals surface area contributed by atoms with Crippen molar-refractivity contribution in [1.82, 2.24) is 10.6 Å². The van der Waals surface area contributed by atoms with E-state index in [1.54, 1.807) is 30.3 Å². The molecule has 0 unspecified atom stereocenters. The van der Waals surface area contributed by atoms with Crippen LogP contribution in [0.3, 0.4) is 0 Å². The second-order valence-electron chi connectivity index (χ2n) is 5.25. The van der Waals surface area contributed by atoms with Crippen molar-refractivity contribution < 1.29 is 9.59 Å². The van der Waals surface area contributed by atoms with Gasteiger partial charge in [0.25, 0.3) is 5.91 Å². The zero-order chi connectivity index (χ0) is 20.0. The maximum Gasteiger partial charge on any atom is 0.258 e. The van der Waals surface area contributed by atoms with E-state index in [0.717, 1.165) is 7.14 Å². The standard InChI is InChI=1S/C17H14I2N4O2S2/c1-9(24)20-16(26)21-11-3-5-12(6-4-11)22-17(27)23-15(25)13-8-10(18)2-7-14(13)19/h2-8H,1H3,(H2,20,21,24,26)(H2,22,23,25,27). The Morgan fingerprint density at radius 1 is 0.852 bits per heavy atom. The first-order chi connectivity index (χ1) is 12.7. The van der Waals surface area contributed by atoms with Crippen LogP contribution in [0, 0.1) is 7.14 Å². The van der Waals surface area contributed by atoms with Crippen LogP contribution in [0.1, 0.15) is 17.3 Å². The van der Waals surface area contributed by atoms with Gasteiger partial charge in [-0.15, -0.1) is 0 Å². The number of benzene rings is 2. The first-order valence-electron chi connectivity index (χ1n) is 7.50. The molecular formula is C17H14I2N4O2S2. The number of anilines is 2. The van der Waals surface area contributed by atoms with Gasteiger partial charge in [0.15, 0.2) is 10.2 Å². The first-order valence-corrected chi connectivity index (χ1v) is 10.5. The molecule has 0 saturated heterocycles. The number of thiocarbonyl (C=S) groups is 2. The van der Waals surface area contributed by atoms with Crippen LogP contribution in [0.25, 0.3) is 0 Å². The Balaban J connectivity index is 1.93. The highest BCUT2D eigenvalue weighted by Crippen LogP contribution is 2.16. The molecule has 10 heteroatoms. The van der Waals surface area contributed by atoms with E-state index in [4.69, 9.17) is 24.4 Å². The number of carbonyl (C=O) groups excluding carboxylic acids is 2. The summed E-state index contributed by atoms with van der Waals surface area (Å²) in [4.78, 5) is 23.3. The molecule has 0 spiro atoms. The van der Waals surface area contributed by atoms with Crippen LogP contribution in [-0.2, 0) is 4.79 Å². The Labute approximate surface area is 194 Å². The lowest BCUT2D eigenvalue weighted by molar-refractivity contribution is -0.117. The molecule has 6 nitrogen and oxygen atoms in total. The number of nitrogens with one attached hydrogen (secondary N) is 4. The summed E-state index contributed by atoms with van der Waals surface area (Å²) < 4.78 is 1.82. The lowest BCUT2D eigenvalue weighted by Gasteiger charge is -2.12. The fraction of sp³-hybridized carbons (Fsp3) is 0.0588. The van der Waals surface area contributed by atoms with E-state index in [1.165, 1.54) is 6.92 Å². The Hall–Kier alpha value is -1.38. The van der Waals surface area contributed by atoms with Crippen molar-refractivity contribution in [1.29, 1.82) is 0 Å². The molecule has 0 radical (unpaired) electrons. The molecule has 0 aliphatic carbocycles.